The average molecular weight is 269 g/mol. The second-order valence-corrected chi connectivity index (χ2v) is 6.20. The summed E-state index contributed by atoms with van der Waals surface area (Å²) in [6.07, 6.45) is 4.33. The maximum atomic E-state index is 5.99. The van der Waals surface area contributed by atoms with Crippen LogP contribution in [0.15, 0.2) is 4.52 Å². The third kappa shape index (κ3) is 2.70. The summed E-state index contributed by atoms with van der Waals surface area (Å²) in [5, 5.41) is 4.07. The van der Waals surface area contributed by atoms with Crippen molar-refractivity contribution in [3.63, 3.8) is 0 Å². The van der Waals surface area contributed by atoms with Crippen molar-refractivity contribution in [1.82, 2.24) is 10.1 Å². The summed E-state index contributed by atoms with van der Waals surface area (Å²) in [7, 11) is 0. The Bertz CT molecular complexity index is 392. The summed E-state index contributed by atoms with van der Waals surface area (Å²) in [5.41, 5.74) is 5.99. The first-order valence-electron chi connectivity index (χ1n) is 6.61. The van der Waals surface area contributed by atoms with Crippen molar-refractivity contribution in [2.45, 2.75) is 43.7 Å². The Morgan fingerprint density at radius 1 is 1.33 bits per heavy atom. The predicted octanol–water partition coefficient (Wildman–Crippen LogP) is 1.86. The van der Waals surface area contributed by atoms with Crippen molar-refractivity contribution in [2.75, 3.05) is 18.1 Å². The molecule has 1 saturated carbocycles. The Kier molecular flexibility index (Phi) is 3.86. The van der Waals surface area contributed by atoms with Crippen LogP contribution >= 0.6 is 11.8 Å². The monoisotopic (exact) mass is 269 g/mol. The fraction of sp³-hybridized carbons (Fsp3) is 0.833. The minimum absolute atomic E-state index is 0.00138. The summed E-state index contributed by atoms with van der Waals surface area (Å²) in [4.78, 5) is 4.52. The molecule has 100 valence electrons. The number of nitrogens with zero attached hydrogens (tertiary/aromatic N) is 2. The first kappa shape index (κ1) is 12.4. The van der Waals surface area contributed by atoms with Gasteiger partial charge >= 0.3 is 0 Å². The lowest BCUT2D eigenvalue weighted by Gasteiger charge is -2.23. The molecule has 1 aromatic rings. The first-order valence-corrected chi connectivity index (χ1v) is 7.77. The number of hydrogen-bond acceptors (Lipinski definition) is 6. The Balaban J connectivity index is 1.68. The predicted molar refractivity (Wildman–Crippen MR) is 69.5 cm³/mol. The van der Waals surface area contributed by atoms with Crippen LogP contribution in [0.4, 0.5) is 0 Å². The Morgan fingerprint density at radius 2 is 2.28 bits per heavy atom. The van der Waals surface area contributed by atoms with Gasteiger partial charge in [0, 0.05) is 23.5 Å². The second kappa shape index (κ2) is 5.59. The Labute approximate surface area is 111 Å². The summed E-state index contributed by atoms with van der Waals surface area (Å²) >= 11 is 1.88. The number of thioether (sulfide) groups is 1. The molecule has 5 nitrogen and oxygen atoms in total. The van der Waals surface area contributed by atoms with Gasteiger partial charge in [-0.1, -0.05) is 11.6 Å². The number of nitrogens with two attached hydrogens (primary N) is 1. The highest BCUT2D eigenvalue weighted by molar-refractivity contribution is 7.99. The quantitative estimate of drug-likeness (QED) is 0.883. The fourth-order valence-corrected chi connectivity index (χ4v) is 3.47. The lowest BCUT2D eigenvalue weighted by atomic mass is 9.86. The largest absolute Gasteiger partial charge is 0.368 e. The molecule has 3 atom stereocenters. The normalized spacial score (nSPS) is 33.5. The van der Waals surface area contributed by atoms with E-state index in [9.17, 15) is 0 Å². The maximum Gasteiger partial charge on any atom is 0.229 e. The van der Waals surface area contributed by atoms with Gasteiger partial charge in [-0.05, 0) is 19.3 Å². The average Bonchev–Trinajstić information content (AvgIpc) is 2.89. The van der Waals surface area contributed by atoms with E-state index in [1.54, 1.807) is 0 Å². The fourth-order valence-electron chi connectivity index (χ4n) is 2.63. The van der Waals surface area contributed by atoms with Gasteiger partial charge in [0.1, 0.15) is 6.10 Å². The summed E-state index contributed by atoms with van der Waals surface area (Å²) < 4.78 is 11.1. The smallest absolute Gasteiger partial charge is 0.229 e. The van der Waals surface area contributed by atoms with Gasteiger partial charge in [0.05, 0.1) is 6.61 Å². The summed E-state index contributed by atoms with van der Waals surface area (Å²) in [6, 6.07) is 0.278. The topological polar surface area (TPSA) is 74.2 Å². The highest BCUT2D eigenvalue weighted by atomic mass is 32.2. The van der Waals surface area contributed by atoms with Crippen molar-refractivity contribution in [3.05, 3.63) is 11.7 Å². The lowest BCUT2D eigenvalue weighted by Crippen LogP contribution is -2.27. The molecule has 1 saturated heterocycles. The molecule has 2 heterocycles. The molecule has 0 spiro atoms. The lowest BCUT2D eigenvalue weighted by molar-refractivity contribution is 0.0677. The second-order valence-electron chi connectivity index (χ2n) is 5.05. The van der Waals surface area contributed by atoms with Crippen LogP contribution in [-0.4, -0.2) is 34.3 Å². The highest BCUT2D eigenvalue weighted by Gasteiger charge is 2.28. The van der Waals surface area contributed by atoms with Crippen LogP contribution in [0.3, 0.4) is 0 Å². The number of aromatic nitrogens is 2. The van der Waals surface area contributed by atoms with Crippen LogP contribution in [0.25, 0.3) is 0 Å². The Hall–Kier alpha value is -0.590. The summed E-state index contributed by atoms with van der Waals surface area (Å²) in [6.45, 7) is 0.771. The van der Waals surface area contributed by atoms with E-state index in [0.717, 1.165) is 49.7 Å². The first-order chi connectivity index (χ1) is 8.83. The van der Waals surface area contributed by atoms with Crippen molar-refractivity contribution >= 4 is 11.8 Å². The minimum Gasteiger partial charge on any atom is -0.368 e. The van der Waals surface area contributed by atoms with E-state index in [1.165, 1.54) is 0 Å². The molecule has 3 unspecified atom stereocenters. The zero-order valence-electron chi connectivity index (χ0n) is 10.4. The molecular weight excluding hydrogens is 250 g/mol. The number of ether oxygens (including phenoxy) is 1. The van der Waals surface area contributed by atoms with Crippen molar-refractivity contribution in [1.29, 1.82) is 0 Å². The standard InChI is InChI=1S/C12H19N3O2S/c13-9-3-1-2-8(6-9)12-14-11(15-17-12)10-7-18-5-4-16-10/h8-10H,1-7,13H2. The van der Waals surface area contributed by atoms with E-state index in [2.05, 4.69) is 10.1 Å². The molecule has 3 rings (SSSR count). The summed E-state index contributed by atoms with van der Waals surface area (Å²) in [5.74, 6) is 3.77. The zero-order chi connectivity index (χ0) is 12.4. The number of rotatable bonds is 2. The van der Waals surface area contributed by atoms with E-state index in [0.29, 0.717) is 11.7 Å². The van der Waals surface area contributed by atoms with E-state index >= 15 is 0 Å². The Morgan fingerprint density at radius 3 is 3.06 bits per heavy atom. The van der Waals surface area contributed by atoms with E-state index in [1.807, 2.05) is 11.8 Å². The molecule has 2 N–H and O–H groups in total. The molecule has 18 heavy (non-hydrogen) atoms. The van der Waals surface area contributed by atoms with Crippen LogP contribution < -0.4 is 5.73 Å². The molecule has 1 aliphatic heterocycles. The molecular formula is C12H19N3O2S. The molecule has 0 amide bonds. The maximum absolute atomic E-state index is 5.99. The molecule has 1 aromatic heterocycles. The molecule has 2 fully saturated rings. The van der Waals surface area contributed by atoms with E-state index in [4.69, 9.17) is 15.0 Å². The van der Waals surface area contributed by atoms with Crippen LogP contribution in [0.1, 0.15) is 49.4 Å². The van der Waals surface area contributed by atoms with Crippen LogP contribution in [0.2, 0.25) is 0 Å². The SMILES string of the molecule is NC1CCCC(c2nc(C3CSCCO3)no2)C1. The minimum atomic E-state index is -0.00138. The highest BCUT2D eigenvalue weighted by Crippen LogP contribution is 2.32. The van der Waals surface area contributed by atoms with Gasteiger partial charge in [0.2, 0.25) is 11.7 Å². The molecule has 1 aliphatic carbocycles. The van der Waals surface area contributed by atoms with Crippen LogP contribution in [-0.2, 0) is 4.74 Å². The van der Waals surface area contributed by atoms with Crippen molar-refractivity contribution in [2.24, 2.45) is 5.73 Å². The van der Waals surface area contributed by atoms with Gasteiger partial charge in [-0.15, -0.1) is 0 Å². The molecule has 0 bridgehead atoms. The van der Waals surface area contributed by atoms with E-state index in [-0.39, 0.29) is 12.1 Å². The number of hydrogen-bond donors (Lipinski definition) is 1. The van der Waals surface area contributed by atoms with Gasteiger partial charge < -0.3 is 15.0 Å². The zero-order valence-corrected chi connectivity index (χ0v) is 11.2. The van der Waals surface area contributed by atoms with E-state index < -0.39 is 0 Å². The third-order valence-corrected chi connectivity index (χ3v) is 4.62. The van der Waals surface area contributed by atoms with Gasteiger partial charge in [-0.25, -0.2) is 0 Å². The molecule has 0 radical (unpaired) electrons. The molecule has 0 aromatic carbocycles. The van der Waals surface area contributed by atoms with Gasteiger partial charge in [0.15, 0.2) is 0 Å². The van der Waals surface area contributed by atoms with Gasteiger partial charge in [-0.3, -0.25) is 0 Å². The van der Waals surface area contributed by atoms with Crippen LogP contribution in [0.5, 0.6) is 0 Å². The third-order valence-electron chi connectivity index (χ3n) is 3.63. The molecule has 6 heteroatoms. The van der Waals surface area contributed by atoms with Crippen molar-refractivity contribution < 1.29 is 9.26 Å². The van der Waals surface area contributed by atoms with Crippen LogP contribution in [0, 0.1) is 0 Å². The van der Waals surface area contributed by atoms with Crippen molar-refractivity contribution in [3.8, 4) is 0 Å². The van der Waals surface area contributed by atoms with Gasteiger partial charge in [-0.2, -0.15) is 16.7 Å². The molecule has 2 aliphatic rings. The van der Waals surface area contributed by atoms with Gasteiger partial charge in [0.25, 0.3) is 0 Å².